The molecule has 12 nitrogen and oxygen atoms in total. The van der Waals surface area contributed by atoms with Gasteiger partial charge in [0.25, 0.3) is 0 Å². The number of hydrogen-bond acceptors (Lipinski definition) is 12. The van der Waals surface area contributed by atoms with Gasteiger partial charge in [0.2, 0.25) is 0 Å². The lowest BCUT2D eigenvalue weighted by Crippen LogP contribution is -2.65. The monoisotopic (exact) mass is 424 g/mol. The summed E-state index contributed by atoms with van der Waals surface area (Å²) in [6, 6.07) is 0. The van der Waals surface area contributed by atoms with E-state index in [1.165, 1.54) is 0 Å². The standard InChI is InChI=1S/C17H32N2O10/c1-18-2-4-19(5-3-18)6-8-10(21)11(22)14(25)17(28-8)29-15-9(7-20)27-16(26)13(24)12(15)23/h8-17,20-26H,2-7H2,1H3. The molecule has 0 saturated carbocycles. The van der Waals surface area contributed by atoms with Crippen molar-refractivity contribution in [2.75, 3.05) is 46.4 Å². The van der Waals surface area contributed by atoms with Crippen LogP contribution < -0.4 is 0 Å². The second-order valence-electron chi connectivity index (χ2n) is 7.95. The first kappa shape index (κ1) is 23.2. The number of aliphatic hydroxyl groups excluding tert-OH is 7. The second-order valence-corrected chi connectivity index (χ2v) is 7.95. The number of aliphatic hydroxyl groups is 7. The van der Waals surface area contributed by atoms with E-state index in [4.69, 9.17) is 14.2 Å². The van der Waals surface area contributed by atoms with Gasteiger partial charge in [0.1, 0.15) is 48.8 Å². The molecule has 3 fully saturated rings. The number of rotatable bonds is 5. The van der Waals surface area contributed by atoms with Crippen LogP contribution in [0.25, 0.3) is 0 Å². The number of piperazine rings is 1. The molecule has 3 heterocycles. The summed E-state index contributed by atoms with van der Waals surface area (Å²) in [5, 5.41) is 69.9. The predicted octanol–water partition coefficient (Wildman–Crippen LogP) is -5.14. The maximum atomic E-state index is 10.3. The Morgan fingerprint density at radius 1 is 0.793 bits per heavy atom. The highest BCUT2D eigenvalue weighted by atomic mass is 16.7. The van der Waals surface area contributed by atoms with E-state index in [9.17, 15) is 35.7 Å². The van der Waals surface area contributed by atoms with Crippen LogP contribution in [-0.2, 0) is 14.2 Å². The lowest BCUT2D eigenvalue weighted by molar-refractivity contribution is -0.354. The molecule has 3 aliphatic rings. The Morgan fingerprint density at radius 2 is 1.45 bits per heavy atom. The minimum atomic E-state index is -1.71. The molecular weight excluding hydrogens is 392 g/mol. The molecule has 10 atom stereocenters. The Balaban J connectivity index is 1.67. The molecule has 0 aromatic heterocycles. The minimum absolute atomic E-state index is 0.299. The van der Waals surface area contributed by atoms with Gasteiger partial charge in [-0.1, -0.05) is 0 Å². The van der Waals surface area contributed by atoms with E-state index in [1.54, 1.807) is 0 Å². The quantitative estimate of drug-likeness (QED) is 0.224. The smallest absolute Gasteiger partial charge is 0.187 e. The van der Waals surface area contributed by atoms with Gasteiger partial charge in [0, 0.05) is 32.7 Å². The van der Waals surface area contributed by atoms with Crippen molar-refractivity contribution in [3.05, 3.63) is 0 Å². The number of ether oxygens (including phenoxy) is 3. The van der Waals surface area contributed by atoms with Crippen LogP contribution in [0.2, 0.25) is 0 Å². The van der Waals surface area contributed by atoms with E-state index in [1.807, 2.05) is 7.05 Å². The van der Waals surface area contributed by atoms with E-state index in [-0.39, 0.29) is 0 Å². The molecule has 0 aromatic carbocycles. The van der Waals surface area contributed by atoms with Crippen LogP contribution in [0, 0.1) is 0 Å². The zero-order valence-electron chi connectivity index (χ0n) is 16.3. The Labute approximate surface area is 168 Å². The van der Waals surface area contributed by atoms with Gasteiger partial charge >= 0.3 is 0 Å². The van der Waals surface area contributed by atoms with Crippen molar-refractivity contribution in [2.24, 2.45) is 0 Å². The third-order valence-corrected chi connectivity index (χ3v) is 5.83. The third-order valence-electron chi connectivity index (χ3n) is 5.83. The molecule has 0 aliphatic carbocycles. The fourth-order valence-electron chi connectivity index (χ4n) is 3.85. The molecule has 7 N–H and O–H groups in total. The molecule has 3 aliphatic heterocycles. The largest absolute Gasteiger partial charge is 0.394 e. The van der Waals surface area contributed by atoms with Crippen molar-refractivity contribution in [1.29, 1.82) is 0 Å². The number of nitrogens with zero attached hydrogens (tertiary/aromatic N) is 2. The zero-order valence-corrected chi connectivity index (χ0v) is 16.3. The fraction of sp³-hybridized carbons (Fsp3) is 1.00. The number of likely N-dealkylation sites (N-methyl/N-ethyl adjacent to an activating group) is 1. The zero-order chi connectivity index (χ0) is 21.3. The molecule has 12 heteroatoms. The maximum Gasteiger partial charge on any atom is 0.187 e. The molecule has 29 heavy (non-hydrogen) atoms. The molecule has 3 saturated heterocycles. The fourth-order valence-corrected chi connectivity index (χ4v) is 3.85. The highest BCUT2D eigenvalue weighted by molar-refractivity contribution is 4.94. The van der Waals surface area contributed by atoms with Crippen molar-refractivity contribution >= 4 is 0 Å². The summed E-state index contributed by atoms with van der Waals surface area (Å²) in [5.41, 5.74) is 0. The third kappa shape index (κ3) is 5.06. The van der Waals surface area contributed by atoms with E-state index >= 15 is 0 Å². The van der Waals surface area contributed by atoms with Crippen LogP contribution in [0.1, 0.15) is 0 Å². The minimum Gasteiger partial charge on any atom is -0.394 e. The normalized spacial score (nSPS) is 48.0. The van der Waals surface area contributed by atoms with E-state index in [0.29, 0.717) is 6.54 Å². The molecule has 0 amide bonds. The van der Waals surface area contributed by atoms with Gasteiger partial charge in [0.05, 0.1) is 6.61 Å². The average molecular weight is 424 g/mol. The van der Waals surface area contributed by atoms with E-state index in [0.717, 1.165) is 26.2 Å². The lowest BCUT2D eigenvalue weighted by atomic mass is 9.96. The summed E-state index contributed by atoms with van der Waals surface area (Å²) in [6.07, 6.45) is -14.4. The molecule has 0 radical (unpaired) electrons. The van der Waals surface area contributed by atoms with Crippen LogP contribution in [0.4, 0.5) is 0 Å². The summed E-state index contributed by atoms with van der Waals surface area (Å²) in [4.78, 5) is 4.23. The van der Waals surface area contributed by atoms with Gasteiger partial charge in [0.15, 0.2) is 12.6 Å². The second kappa shape index (κ2) is 9.77. The first-order chi connectivity index (χ1) is 13.7. The molecule has 3 rings (SSSR count). The van der Waals surface area contributed by atoms with E-state index in [2.05, 4.69) is 9.80 Å². The summed E-state index contributed by atoms with van der Waals surface area (Å²) in [5.74, 6) is 0. The van der Waals surface area contributed by atoms with Crippen molar-refractivity contribution in [3.8, 4) is 0 Å². The Bertz CT molecular complexity index is 520. The topological polar surface area (TPSA) is 176 Å². The van der Waals surface area contributed by atoms with Crippen molar-refractivity contribution in [3.63, 3.8) is 0 Å². The first-order valence-corrected chi connectivity index (χ1v) is 9.79. The van der Waals surface area contributed by atoms with Gasteiger partial charge in [-0.25, -0.2) is 0 Å². The number of hydrogen-bond donors (Lipinski definition) is 7. The van der Waals surface area contributed by atoms with Gasteiger partial charge in [-0.2, -0.15) is 0 Å². The Hall–Kier alpha value is -0.480. The van der Waals surface area contributed by atoms with Gasteiger partial charge in [-0.3, -0.25) is 4.90 Å². The van der Waals surface area contributed by atoms with Crippen molar-refractivity contribution in [2.45, 2.75) is 61.4 Å². The van der Waals surface area contributed by atoms with Gasteiger partial charge < -0.3 is 54.9 Å². The van der Waals surface area contributed by atoms with Crippen molar-refractivity contribution < 1.29 is 50.0 Å². The van der Waals surface area contributed by atoms with Crippen LogP contribution in [0.15, 0.2) is 0 Å². The summed E-state index contributed by atoms with van der Waals surface area (Å²) in [7, 11) is 2.01. The average Bonchev–Trinajstić information content (AvgIpc) is 2.71. The maximum absolute atomic E-state index is 10.3. The lowest BCUT2D eigenvalue weighted by Gasteiger charge is -2.46. The highest BCUT2D eigenvalue weighted by Gasteiger charge is 2.50. The summed E-state index contributed by atoms with van der Waals surface area (Å²) in [6.45, 7) is 2.85. The molecule has 170 valence electrons. The van der Waals surface area contributed by atoms with Crippen LogP contribution in [0.3, 0.4) is 0 Å². The van der Waals surface area contributed by atoms with Crippen LogP contribution in [0.5, 0.6) is 0 Å². The highest BCUT2D eigenvalue weighted by Crippen LogP contribution is 2.29. The Kier molecular flexibility index (Phi) is 7.81. The summed E-state index contributed by atoms with van der Waals surface area (Å²) < 4.78 is 16.3. The molecule has 0 bridgehead atoms. The summed E-state index contributed by atoms with van der Waals surface area (Å²) >= 11 is 0. The molecule has 0 aromatic rings. The van der Waals surface area contributed by atoms with Crippen LogP contribution >= 0.6 is 0 Å². The molecule has 0 spiro atoms. The predicted molar refractivity (Wildman–Crippen MR) is 95.5 cm³/mol. The molecule has 10 unspecified atom stereocenters. The van der Waals surface area contributed by atoms with E-state index < -0.39 is 68.0 Å². The SMILES string of the molecule is CN1CCN(CC2OC(OC3C(CO)OC(O)C(O)C3O)C(O)C(O)C2O)CC1. The van der Waals surface area contributed by atoms with Gasteiger partial charge in [-0.15, -0.1) is 0 Å². The van der Waals surface area contributed by atoms with Crippen LogP contribution in [-0.4, -0.2) is 153 Å². The Morgan fingerprint density at radius 3 is 2.07 bits per heavy atom. The van der Waals surface area contributed by atoms with Gasteiger partial charge in [-0.05, 0) is 7.05 Å². The van der Waals surface area contributed by atoms with Crippen molar-refractivity contribution in [1.82, 2.24) is 9.80 Å². The first-order valence-electron chi connectivity index (χ1n) is 9.79. The molecular formula is C17H32N2O10.